The zero-order chi connectivity index (χ0) is 11.6. The standard InChI is InChI=1S/C15H25P/c1-15(2,3)16(14-11-7-8-12-14)13-9-5-4-6-10-13/h5,9-10,14H,4,6-8,11-12H2,1-3H3. The van der Waals surface area contributed by atoms with Crippen molar-refractivity contribution in [3.8, 4) is 0 Å². The third kappa shape index (κ3) is 2.77. The first kappa shape index (κ1) is 12.4. The lowest BCUT2D eigenvalue weighted by Crippen LogP contribution is -2.19. The Kier molecular flexibility index (Phi) is 3.90. The van der Waals surface area contributed by atoms with Crippen molar-refractivity contribution in [2.75, 3.05) is 0 Å². The third-order valence-corrected chi connectivity index (χ3v) is 7.25. The topological polar surface area (TPSA) is 0 Å². The molecular weight excluding hydrogens is 211 g/mol. The Hall–Kier alpha value is -0.0900. The average molecular weight is 236 g/mol. The van der Waals surface area contributed by atoms with E-state index in [2.05, 4.69) is 39.0 Å². The molecule has 1 fully saturated rings. The van der Waals surface area contributed by atoms with Gasteiger partial charge in [-0.15, -0.1) is 0 Å². The largest absolute Gasteiger partial charge is 0.0836 e. The van der Waals surface area contributed by atoms with Crippen LogP contribution in [0.3, 0.4) is 0 Å². The molecule has 0 radical (unpaired) electrons. The molecule has 1 atom stereocenters. The molecule has 2 rings (SSSR count). The zero-order valence-electron chi connectivity index (χ0n) is 11.0. The molecule has 0 spiro atoms. The van der Waals surface area contributed by atoms with Gasteiger partial charge in [-0.3, -0.25) is 0 Å². The zero-order valence-corrected chi connectivity index (χ0v) is 11.9. The minimum atomic E-state index is 0.0533. The van der Waals surface area contributed by atoms with Gasteiger partial charge in [0.05, 0.1) is 0 Å². The fraction of sp³-hybridized carbons (Fsp3) is 0.733. The van der Waals surface area contributed by atoms with Gasteiger partial charge >= 0.3 is 0 Å². The Labute approximate surface area is 102 Å². The molecule has 0 heterocycles. The van der Waals surface area contributed by atoms with Crippen LogP contribution in [0.2, 0.25) is 0 Å². The maximum absolute atomic E-state index is 2.52. The Bertz CT molecular complexity index is 287. The molecule has 0 aromatic heterocycles. The molecule has 0 saturated heterocycles. The summed E-state index contributed by atoms with van der Waals surface area (Å²) in [4.78, 5) is 0. The highest BCUT2D eigenvalue weighted by molar-refractivity contribution is 7.64. The third-order valence-electron chi connectivity index (χ3n) is 3.67. The Morgan fingerprint density at radius 3 is 2.31 bits per heavy atom. The normalized spacial score (nSPS) is 24.6. The molecule has 1 heteroatoms. The van der Waals surface area contributed by atoms with Crippen LogP contribution in [0.1, 0.15) is 59.3 Å². The summed E-state index contributed by atoms with van der Waals surface area (Å²) in [6.07, 6.45) is 15.8. The molecule has 16 heavy (non-hydrogen) atoms. The van der Waals surface area contributed by atoms with Crippen molar-refractivity contribution in [3.05, 3.63) is 23.5 Å². The van der Waals surface area contributed by atoms with Crippen molar-refractivity contribution in [2.45, 2.75) is 70.1 Å². The smallest absolute Gasteiger partial charge is 0.0137 e. The van der Waals surface area contributed by atoms with E-state index in [1.807, 2.05) is 0 Å². The van der Waals surface area contributed by atoms with E-state index < -0.39 is 0 Å². The Balaban J connectivity index is 2.20. The number of hydrogen-bond donors (Lipinski definition) is 0. The molecule has 1 unspecified atom stereocenters. The SMILES string of the molecule is CC(C)(C)P(C1=CCCC=C1)C1CCCC1. The molecule has 0 N–H and O–H groups in total. The summed E-state index contributed by atoms with van der Waals surface area (Å²) in [5.74, 6) is 0. The molecular formula is C15H25P. The van der Waals surface area contributed by atoms with Crippen molar-refractivity contribution in [1.29, 1.82) is 0 Å². The van der Waals surface area contributed by atoms with E-state index in [9.17, 15) is 0 Å². The first-order valence-corrected chi connectivity index (χ1v) is 8.16. The molecule has 0 aromatic rings. The van der Waals surface area contributed by atoms with E-state index in [4.69, 9.17) is 0 Å². The maximum Gasteiger partial charge on any atom is -0.0137 e. The predicted octanol–water partition coefficient (Wildman–Crippen LogP) is 5.44. The van der Waals surface area contributed by atoms with E-state index in [0.717, 1.165) is 5.66 Å². The van der Waals surface area contributed by atoms with Gasteiger partial charge in [-0.25, -0.2) is 0 Å². The van der Waals surface area contributed by atoms with Crippen LogP contribution in [-0.4, -0.2) is 10.8 Å². The molecule has 0 nitrogen and oxygen atoms in total. The van der Waals surface area contributed by atoms with Gasteiger partial charge in [-0.2, -0.15) is 0 Å². The van der Waals surface area contributed by atoms with Crippen molar-refractivity contribution < 1.29 is 0 Å². The van der Waals surface area contributed by atoms with Gasteiger partial charge in [-0.05, 0) is 41.8 Å². The summed E-state index contributed by atoms with van der Waals surface area (Å²) in [6.45, 7) is 7.33. The van der Waals surface area contributed by atoms with Gasteiger partial charge in [0.15, 0.2) is 0 Å². The first-order valence-electron chi connectivity index (χ1n) is 6.75. The molecule has 90 valence electrons. The van der Waals surface area contributed by atoms with Crippen LogP contribution in [0.4, 0.5) is 0 Å². The summed E-state index contributed by atoms with van der Waals surface area (Å²) >= 11 is 0. The summed E-state index contributed by atoms with van der Waals surface area (Å²) < 4.78 is 0. The van der Waals surface area contributed by atoms with Crippen LogP contribution in [-0.2, 0) is 0 Å². The van der Waals surface area contributed by atoms with Crippen LogP contribution in [0, 0.1) is 0 Å². The number of allylic oxidation sites excluding steroid dienone is 4. The second-order valence-electron chi connectivity index (χ2n) is 6.09. The molecule has 0 amide bonds. The predicted molar refractivity (Wildman–Crippen MR) is 75.4 cm³/mol. The average Bonchev–Trinajstić information content (AvgIpc) is 2.71. The van der Waals surface area contributed by atoms with Gasteiger partial charge in [0.25, 0.3) is 0 Å². The molecule has 0 aliphatic heterocycles. The lowest BCUT2D eigenvalue weighted by molar-refractivity contribution is 0.755. The molecule has 0 bridgehead atoms. The van der Waals surface area contributed by atoms with Gasteiger partial charge in [0.2, 0.25) is 0 Å². The summed E-state index contributed by atoms with van der Waals surface area (Å²) in [6, 6.07) is 0. The Morgan fingerprint density at radius 2 is 1.81 bits per heavy atom. The van der Waals surface area contributed by atoms with Crippen LogP contribution in [0.25, 0.3) is 0 Å². The minimum absolute atomic E-state index is 0.0533. The Morgan fingerprint density at radius 1 is 1.12 bits per heavy atom. The highest BCUT2D eigenvalue weighted by Crippen LogP contribution is 2.64. The van der Waals surface area contributed by atoms with Gasteiger partial charge in [0, 0.05) is 0 Å². The number of rotatable bonds is 2. The van der Waals surface area contributed by atoms with E-state index in [1.54, 1.807) is 5.31 Å². The molecule has 2 aliphatic carbocycles. The lowest BCUT2D eigenvalue weighted by atomic mass is 10.2. The van der Waals surface area contributed by atoms with Crippen molar-refractivity contribution in [3.63, 3.8) is 0 Å². The van der Waals surface area contributed by atoms with Gasteiger partial charge in [0.1, 0.15) is 0 Å². The summed E-state index contributed by atoms with van der Waals surface area (Å²) in [5.41, 5.74) is 1.00. The maximum atomic E-state index is 2.52. The van der Waals surface area contributed by atoms with E-state index in [-0.39, 0.29) is 7.92 Å². The fourth-order valence-electron chi connectivity index (χ4n) is 3.09. The van der Waals surface area contributed by atoms with Crippen molar-refractivity contribution in [2.24, 2.45) is 0 Å². The second kappa shape index (κ2) is 5.05. The van der Waals surface area contributed by atoms with Crippen molar-refractivity contribution >= 4 is 7.92 Å². The number of hydrogen-bond acceptors (Lipinski definition) is 0. The van der Waals surface area contributed by atoms with E-state index in [1.165, 1.54) is 38.5 Å². The molecule has 0 aromatic carbocycles. The van der Waals surface area contributed by atoms with Crippen LogP contribution in [0.15, 0.2) is 23.5 Å². The first-order chi connectivity index (χ1) is 7.59. The van der Waals surface area contributed by atoms with E-state index >= 15 is 0 Å². The second-order valence-corrected chi connectivity index (χ2v) is 9.42. The van der Waals surface area contributed by atoms with Crippen LogP contribution >= 0.6 is 7.92 Å². The quantitative estimate of drug-likeness (QED) is 0.560. The molecule has 1 saturated carbocycles. The minimum Gasteiger partial charge on any atom is -0.0836 e. The van der Waals surface area contributed by atoms with Gasteiger partial charge in [-0.1, -0.05) is 59.8 Å². The highest BCUT2D eigenvalue weighted by atomic mass is 31.1. The monoisotopic (exact) mass is 236 g/mol. The van der Waals surface area contributed by atoms with Crippen LogP contribution < -0.4 is 0 Å². The fourth-order valence-corrected chi connectivity index (χ4v) is 6.85. The summed E-state index contributed by atoms with van der Waals surface area (Å²) in [5, 5.41) is 2.18. The molecule has 2 aliphatic rings. The van der Waals surface area contributed by atoms with Gasteiger partial charge < -0.3 is 0 Å². The van der Waals surface area contributed by atoms with E-state index in [0.29, 0.717) is 5.16 Å². The lowest BCUT2D eigenvalue weighted by Gasteiger charge is -2.38. The van der Waals surface area contributed by atoms with Crippen LogP contribution in [0.5, 0.6) is 0 Å². The van der Waals surface area contributed by atoms with Crippen molar-refractivity contribution in [1.82, 2.24) is 0 Å². The highest BCUT2D eigenvalue weighted by Gasteiger charge is 2.35. The summed E-state index contributed by atoms with van der Waals surface area (Å²) in [7, 11) is 0.0533.